The van der Waals surface area contributed by atoms with Gasteiger partial charge in [0.15, 0.2) is 4.77 Å². The third-order valence-electron chi connectivity index (χ3n) is 4.20. The van der Waals surface area contributed by atoms with E-state index >= 15 is 0 Å². The van der Waals surface area contributed by atoms with E-state index in [0.29, 0.717) is 15.7 Å². The van der Waals surface area contributed by atoms with Gasteiger partial charge in [-0.05, 0) is 49.0 Å². The van der Waals surface area contributed by atoms with E-state index in [1.165, 1.54) is 4.57 Å². The molecule has 1 unspecified atom stereocenters. The van der Waals surface area contributed by atoms with E-state index in [0.717, 1.165) is 10.0 Å². The molecule has 0 saturated carbocycles. The molecule has 1 aromatic heterocycles. The predicted octanol–water partition coefficient (Wildman–Crippen LogP) is 4.09. The topological polar surface area (TPSA) is 66.9 Å². The van der Waals surface area contributed by atoms with Crippen LogP contribution in [0.25, 0.3) is 10.9 Å². The molecule has 0 aliphatic rings. The van der Waals surface area contributed by atoms with E-state index in [1.807, 2.05) is 43.3 Å². The predicted molar refractivity (Wildman–Crippen MR) is 109 cm³/mol. The first-order valence-corrected chi connectivity index (χ1v) is 9.42. The summed E-state index contributed by atoms with van der Waals surface area (Å²) in [4.78, 5) is 27.9. The third-order valence-corrected chi connectivity index (χ3v) is 5.05. The monoisotopic (exact) mass is 431 g/mol. The Balaban J connectivity index is 1.70. The molecule has 0 spiro atoms. The molecule has 0 radical (unpaired) electrons. The fourth-order valence-electron chi connectivity index (χ4n) is 2.76. The lowest BCUT2D eigenvalue weighted by molar-refractivity contribution is -0.121. The normalized spacial score (nSPS) is 12.1. The fourth-order valence-corrected chi connectivity index (χ4v) is 3.31. The van der Waals surface area contributed by atoms with Gasteiger partial charge in [0, 0.05) is 17.4 Å². The van der Waals surface area contributed by atoms with E-state index < -0.39 is 0 Å². The molecule has 0 bridgehead atoms. The average Bonchev–Trinajstić information content (AvgIpc) is 2.62. The van der Waals surface area contributed by atoms with Crippen LogP contribution < -0.4 is 10.9 Å². The van der Waals surface area contributed by atoms with E-state index in [4.69, 9.17) is 12.2 Å². The van der Waals surface area contributed by atoms with Crippen molar-refractivity contribution >= 4 is 45.0 Å². The van der Waals surface area contributed by atoms with Crippen molar-refractivity contribution in [2.24, 2.45) is 0 Å². The van der Waals surface area contributed by atoms with E-state index in [1.54, 1.807) is 12.1 Å². The molecular formula is C19H18BrN3O2S. The summed E-state index contributed by atoms with van der Waals surface area (Å²) in [6.07, 6.45) is 0.177. The van der Waals surface area contributed by atoms with Crippen LogP contribution in [0.5, 0.6) is 0 Å². The van der Waals surface area contributed by atoms with Gasteiger partial charge in [0.25, 0.3) is 5.56 Å². The van der Waals surface area contributed by atoms with Crippen molar-refractivity contribution in [3.8, 4) is 0 Å². The van der Waals surface area contributed by atoms with Gasteiger partial charge in [-0.25, -0.2) is 0 Å². The number of halogens is 1. The lowest BCUT2D eigenvalue weighted by Crippen LogP contribution is -2.30. The molecule has 3 rings (SSSR count). The van der Waals surface area contributed by atoms with E-state index in [2.05, 4.69) is 26.2 Å². The first kappa shape index (κ1) is 18.5. The number of carbonyl (C=O) groups excluding carboxylic acids is 1. The largest absolute Gasteiger partial charge is 0.350 e. The summed E-state index contributed by atoms with van der Waals surface area (Å²) in [5.74, 6) is -0.130. The van der Waals surface area contributed by atoms with Crippen LogP contribution in [0.4, 0.5) is 0 Å². The number of aromatic amines is 1. The number of amides is 1. The first-order valence-electron chi connectivity index (χ1n) is 8.22. The van der Waals surface area contributed by atoms with Crippen LogP contribution in [-0.2, 0) is 11.3 Å². The Morgan fingerprint density at radius 2 is 1.92 bits per heavy atom. The van der Waals surface area contributed by atoms with Crippen molar-refractivity contribution in [2.45, 2.75) is 25.9 Å². The van der Waals surface area contributed by atoms with Gasteiger partial charge in [0.1, 0.15) is 0 Å². The third kappa shape index (κ3) is 4.11. The maximum absolute atomic E-state index is 12.6. The van der Waals surface area contributed by atoms with Gasteiger partial charge in [-0.15, -0.1) is 0 Å². The van der Waals surface area contributed by atoms with Crippen molar-refractivity contribution in [1.29, 1.82) is 0 Å². The van der Waals surface area contributed by atoms with Crippen LogP contribution in [-0.4, -0.2) is 15.5 Å². The van der Waals surface area contributed by atoms with Crippen LogP contribution >= 0.6 is 28.1 Å². The summed E-state index contributed by atoms with van der Waals surface area (Å²) < 4.78 is 2.74. The van der Waals surface area contributed by atoms with Gasteiger partial charge in [-0.2, -0.15) is 0 Å². The Labute approximate surface area is 164 Å². The molecule has 0 aliphatic heterocycles. The number of fused-ring (bicyclic) bond motifs is 1. The average molecular weight is 432 g/mol. The number of nitrogens with zero attached hydrogens (tertiary/aromatic N) is 1. The molecule has 0 saturated heterocycles. The Bertz CT molecular complexity index is 1060. The van der Waals surface area contributed by atoms with Crippen molar-refractivity contribution in [1.82, 2.24) is 14.9 Å². The standard InChI is InChI=1S/C19H18BrN3O2S/c1-12(13-6-8-14(20)9-7-13)21-17(24)10-11-23-18(25)15-4-2-3-5-16(15)22-19(23)26/h2-9,12H,10-11H2,1H3,(H,21,24)(H,22,26). The van der Waals surface area contributed by atoms with E-state index in [9.17, 15) is 9.59 Å². The minimum atomic E-state index is -0.182. The highest BCUT2D eigenvalue weighted by molar-refractivity contribution is 9.10. The Hall–Kier alpha value is -2.25. The zero-order valence-electron chi connectivity index (χ0n) is 14.2. The molecule has 0 aliphatic carbocycles. The lowest BCUT2D eigenvalue weighted by Gasteiger charge is -2.15. The number of rotatable bonds is 5. The molecule has 134 valence electrons. The van der Waals surface area contributed by atoms with Crippen molar-refractivity contribution < 1.29 is 4.79 Å². The van der Waals surface area contributed by atoms with Crippen LogP contribution in [0.1, 0.15) is 24.9 Å². The molecule has 5 nitrogen and oxygen atoms in total. The number of carbonyl (C=O) groups is 1. The molecular weight excluding hydrogens is 414 g/mol. The number of benzene rings is 2. The zero-order chi connectivity index (χ0) is 18.7. The highest BCUT2D eigenvalue weighted by Crippen LogP contribution is 2.16. The Morgan fingerprint density at radius 3 is 2.65 bits per heavy atom. The first-order chi connectivity index (χ1) is 12.5. The molecule has 3 aromatic rings. The summed E-state index contributed by atoms with van der Waals surface area (Å²) in [6.45, 7) is 2.16. The van der Waals surface area contributed by atoms with Crippen LogP contribution in [0.3, 0.4) is 0 Å². The number of para-hydroxylation sites is 1. The number of nitrogens with one attached hydrogen (secondary N) is 2. The van der Waals surface area contributed by atoms with Crippen molar-refractivity contribution in [3.05, 3.63) is 73.7 Å². The summed E-state index contributed by atoms with van der Waals surface area (Å²) in [7, 11) is 0. The van der Waals surface area contributed by atoms with Gasteiger partial charge in [0.2, 0.25) is 5.91 Å². The molecule has 26 heavy (non-hydrogen) atoms. The summed E-state index contributed by atoms with van der Waals surface area (Å²) in [6, 6.07) is 14.9. The molecule has 2 N–H and O–H groups in total. The van der Waals surface area contributed by atoms with Crippen LogP contribution in [0.2, 0.25) is 0 Å². The Morgan fingerprint density at radius 1 is 1.23 bits per heavy atom. The number of hydrogen-bond donors (Lipinski definition) is 2. The van der Waals surface area contributed by atoms with Gasteiger partial charge in [0.05, 0.1) is 16.9 Å². The second-order valence-corrected chi connectivity index (χ2v) is 7.33. The molecule has 1 heterocycles. The van der Waals surface area contributed by atoms with Gasteiger partial charge in [-0.1, -0.05) is 40.2 Å². The van der Waals surface area contributed by atoms with Crippen molar-refractivity contribution in [2.75, 3.05) is 0 Å². The summed E-state index contributed by atoms with van der Waals surface area (Å²) in [5, 5.41) is 3.51. The number of H-pyrrole nitrogens is 1. The smallest absolute Gasteiger partial charge is 0.262 e. The van der Waals surface area contributed by atoms with Gasteiger partial charge in [-0.3, -0.25) is 14.2 Å². The van der Waals surface area contributed by atoms with Crippen LogP contribution in [0, 0.1) is 4.77 Å². The van der Waals surface area contributed by atoms with Crippen LogP contribution in [0.15, 0.2) is 57.8 Å². The summed E-state index contributed by atoms with van der Waals surface area (Å²) in [5.41, 5.74) is 1.53. The Kier molecular flexibility index (Phi) is 5.68. The molecule has 2 aromatic carbocycles. The molecule has 1 atom stereocenters. The zero-order valence-corrected chi connectivity index (χ0v) is 16.6. The highest BCUT2D eigenvalue weighted by Gasteiger charge is 2.11. The minimum absolute atomic E-state index is 0.113. The minimum Gasteiger partial charge on any atom is -0.350 e. The molecule has 7 heteroatoms. The van der Waals surface area contributed by atoms with E-state index in [-0.39, 0.29) is 30.5 Å². The second kappa shape index (κ2) is 7.97. The molecule has 1 amide bonds. The fraction of sp³-hybridized carbons (Fsp3) is 0.211. The maximum atomic E-state index is 12.6. The second-order valence-electron chi connectivity index (χ2n) is 6.02. The molecule has 0 fully saturated rings. The maximum Gasteiger partial charge on any atom is 0.262 e. The number of hydrogen-bond acceptors (Lipinski definition) is 3. The quantitative estimate of drug-likeness (QED) is 0.597. The van der Waals surface area contributed by atoms with Crippen molar-refractivity contribution in [3.63, 3.8) is 0 Å². The SMILES string of the molecule is CC(NC(=O)CCn1c(=S)[nH]c2ccccc2c1=O)c1ccc(Br)cc1. The lowest BCUT2D eigenvalue weighted by atomic mass is 10.1. The summed E-state index contributed by atoms with van der Waals surface area (Å²) >= 11 is 8.66. The van der Waals surface area contributed by atoms with Gasteiger partial charge < -0.3 is 10.3 Å². The number of aromatic nitrogens is 2. The van der Waals surface area contributed by atoms with Gasteiger partial charge >= 0.3 is 0 Å². The highest BCUT2D eigenvalue weighted by atomic mass is 79.9.